The fourth-order valence-corrected chi connectivity index (χ4v) is 6.79. The molecule has 43 heavy (non-hydrogen) atoms. The van der Waals surface area contributed by atoms with Gasteiger partial charge in [0, 0.05) is 17.1 Å². The first kappa shape index (κ1) is 28.2. The number of benzene rings is 6. The van der Waals surface area contributed by atoms with E-state index in [9.17, 15) is 0 Å². The maximum absolute atomic E-state index is 3.94. The molecule has 1 nitrogen and oxygen atoms in total. The molecular weight excluding hydrogens is 518 g/mol. The summed E-state index contributed by atoms with van der Waals surface area (Å²) in [6.45, 7) is 17.1. The van der Waals surface area contributed by atoms with Crippen molar-refractivity contribution in [1.82, 2.24) is 0 Å². The SMILES string of the molecule is C=Cc1ccc2cc(N(c3ccc(-c4c(C)cc(C)cc4C)cc3)c3ccc(-c4c(C)cc(C)cc4C)cc3)ccc2c1. The highest BCUT2D eigenvalue weighted by atomic mass is 15.1. The maximum Gasteiger partial charge on any atom is 0.0468 e. The molecule has 0 aliphatic heterocycles. The Bertz CT molecular complexity index is 1830. The van der Waals surface area contributed by atoms with Crippen LogP contribution in [0.3, 0.4) is 0 Å². The zero-order chi connectivity index (χ0) is 30.2. The maximum atomic E-state index is 3.94. The molecule has 0 unspecified atom stereocenters. The van der Waals surface area contributed by atoms with Crippen LogP contribution in [0.2, 0.25) is 0 Å². The predicted molar refractivity (Wildman–Crippen MR) is 188 cm³/mol. The molecule has 6 aromatic carbocycles. The van der Waals surface area contributed by atoms with Gasteiger partial charge in [-0.2, -0.15) is 0 Å². The van der Waals surface area contributed by atoms with Gasteiger partial charge in [-0.05, 0) is 145 Å². The van der Waals surface area contributed by atoms with Gasteiger partial charge in [0.2, 0.25) is 0 Å². The molecule has 0 aliphatic rings. The largest absolute Gasteiger partial charge is 0.310 e. The van der Waals surface area contributed by atoms with E-state index >= 15 is 0 Å². The molecule has 0 saturated heterocycles. The molecule has 0 aliphatic carbocycles. The van der Waals surface area contributed by atoms with Crippen molar-refractivity contribution >= 4 is 33.9 Å². The van der Waals surface area contributed by atoms with Crippen LogP contribution in [0, 0.1) is 41.5 Å². The lowest BCUT2D eigenvalue weighted by Crippen LogP contribution is -2.10. The number of hydrogen-bond acceptors (Lipinski definition) is 1. The molecule has 1 heteroatoms. The minimum atomic E-state index is 1.13. The standard InChI is InChI=1S/C42H39N/c1-8-33-9-10-37-26-40(20-15-36(37)25-33)43(38-16-11-34(12-17-38)41-29(4)21-27(2)22-30(41)5)39-18-13-35(14-19-39)42-31(6)23-28(3)24-32(42)7/h8-26H,1H2,2-7H3. The monoisotopic (exact) mass is 557 g/mol. The fraction of sp³-hybridized carbons (Fsp3) is 0.143. The Morgan fingerprint density at radius 1 is 0.442 bits per heavy atom. The molecule has 0 aromatic heterocycles. The van der Waals surface area contributed by atoms with Crippen LogP contribution in [-0.2, 0) is 0 Å². The number of aryl methyl sites for hydroxylation is 6. The molecule has 0 amide bonds. The van der Waals surface area contributed by atoms with E-state index in [1.54, 1.807) is 0 Å². The highest BCUT2D eigenvalue weighted by Crippen LogP contribution is 2.39. The second-order valence-corrected chi connectivity index (χ2v) is 12.0. The fourth-order valence-electron chi connectivity index (χ4n) is 6.79. The molecule has 0 spiro atoms. The molecule has 6 rings (SSSR count). The van der Waals surface area contributed by atoms with Gasteiger partial charge in [0.05, 0.1) is 0 Å². The van der Waals surface area contributed by atoms with Crippen LogP contribution in [0.15, 0.2) is 116 Å². The lowest BCUT2D eigenvalue weighted by atomic mass is 9.93. The Hall–Kier alpha value is -4.88. The summed E-state index contributed by atoms with van der Waals surface area (Å²) in [6, 6.07) is 40.4. The average Bonchev–Trinajstić information content (AvgIpc) is 2.97. The lowest BCUT2D eigenvalue weighted by Gasteiger charge is -2.26. The molecule has 0 radical (unpaired) electrons. The Morgan fingerprint density at radius 2 is 0.837 bits per heavy atom. The molecule has 0 heterocycles. The van der Waals surface area contributed by atoms with Gasteiger partial charge >= 0.3 is 0 Å². The Labute approximate surface area is 256 Å². The van der Waals surface area contributed by atoms with Gasteiger partial charge in [-0.3, -0.25) is 0 Å². The number of anilines is 3. The summed E-state index contributed by atoms with van der Waals surface area (Å²) in [5, 5.41) is 2.42. The van der Waals surface area contributed by atoms with Gasteiger partial charge in [0.15, 0.2) is 0 Å². The molecule has 6 aromatic rings. The summed E-state index contributed by atoms with van der Waals surface area (Å²) in [5.41, 5.74) is 17.5. The highest BCUT2D eigenvalue weighted by Gasteiger charge is 2.16. The van der Waals surface area contributed by atoms with Crippen molar-refractivity contribution in [3.63, 3.8) is 0 Å². The van der Waals surface area contributed by atoms with Crippen molar-refractivity contribution in [2.24, 2.45) is 0 Å². The molecule has 212 valence electrons. The van der Waals surface area contributed by atoms with E-state index in [4.69, 9.17) is 0 Å². The third kappa shape index (κ3) is 5.51. The lowest BCUT2D eigenvalue weighted by molar-refractivity contribution is 1.28. The van der Waals surface area contributed by atoms with Crippen LogP contribution in [-0.4, -0.2) is 0 Å². The summed E-state index contributed by atoms with van der Waals surface area (Å²) in [6.07, 6.45) is 1.90. The molecule has 0 atom stereocenters. The first-order valence-corrected chi connectivity index (χ1v) is 15.0. The van der Waals surface area contributed by atoms with E-state index in [1.165, 1.54) is 66.4 Å². The number of fused-ring (bicyclic) bond motifs is 1. The number of nitrogens with zero attached hydrogens (tertiary/aromatic N) is 1. The van der Waals surface area contributed by atoms with Crippen molar-refractivity contribution in [1.29, 1.82) is 0 Å². The topological polar surface area (TPSA) is 3.24 Å². The van der Waals surface area contributed by atoms with Gasteiger partial charge in [0.1, 0.15) is 0 Å². The van der Waals surface area contributed by atoms with E-state index in [1.807, 2.05) is 6.08 Å². The second kappa shape index (κ2) is 11.4. The zero-order valence-corrected chi connectivity index (χ0v) is 26.1. The summed E-state index contributed by atoms with van der Waals surface area (Å²) >= 11 is 0. The predicted octanol–water partition coefficient (Wildman–Crippen LogP) is 12.1. The Balaban J connectivity index is 1.46. The van der Waals surface area contributed by atoms with Gasteiger partial charge in [0.25, 0.3) is 0 Å². The Morgan fingerprint density at radius 3 is 1.28 bits per heavy atom. The number of hydrogen-bond donors (Lipinski definition) is 0. The quantitative estimate of drug-likeness (QED) is 0.197. The van der Waals surface area contributed by atoms with Crippen LogP contribution in [0.5, 0.6) is 0 Å². The van der Waals surface area contributed by atoms with Gasteiger partial charge in [-0.25, -0.2) is 0 Å². The minimum absolute atomic E-state index is 1.13. The van der Waals surface area contributed by atoms with E-state index in [-0.39, 0.29) is 0 Å². The summed E-state index contributed by atoms with van der Waals surface area (Å²) in [5.74, 6) is 0. The van der Waals surface area contributed by atoms with E-state index in [0.29, 0.717) is 0 Å². The van der Waals surface area contributed by atoms with Gasteiger partial charge < -0.3 is 4.90 Å². The highest BCUT2D eigenvalue weighted by molar-refractivity contribution is 5.91. The van der Waals surface area contributed by atoms with Crippen LogP contribution in [0.25, 0.3) is 39.1 Å². The molecule has 0 saturated carbocycles. The molecular formula is C42H39N. The smallest absolute Gasteiger partial charge is 0.0468 e. The van der Waals surface area contributed by atoms with Gasteiger partial charge in [-0.15, -0.1) is 0 Å². The van der Waals surface area contributed by atoms with Gasteiger partial charge in [-0.1, -0.05) is 90.5 Å². The molecule has 0 fully saturated rings. The van der Waals surface area contributed by atoms with Crippen LogP contribution < -0.4 is 4.90 Å². The third-order valence-electron chi connectivity index (χ3n) is 8.52. The van der Waals surface area contributed by atoms with Crippen LogP contribution >= 0.6 is 0 Å². The Kier molecular flexibility index (Phi) is 7.50. The van der Waals surface area contributed by atoms with Crippen molar-refractivity contribution < 1.29 is 0 Å². The van der Waals surface area contributed by atoms with Crippen molar-refractivity contribution in [3.8, 4) is 22.3 Å². The zero-order valence-electron chi connectivity index (χ0n) is 26.1. The summed E-state index contributed by atoms with van der Waals surface area (Å²) < 4.78 is 0. The van der Waals surface area contributed by atoms with Crippen LogP contribution in [0.4, 0.5) is 17.1 Å². The molecule has 0 bridgehead atoms. The first-order chi connectivity index (χ1) is 20.7. The van der Waals surface area contributed by atoms with Crippen molar-refractivity contribution in [2.45, 2.75) is 41.5 Å². The average molecular weight is 558 g/mol. The van der Waals surface area contributed by atoms with Crippen molar-refractivity contribution in [2.75, 3.05) is 4.90 Å². The van der Waals surface area contributed by atoms with E-state index in [0.717, 1.165) is 22.6 Å². The molecule has 0 N–H and O–H groups in total. The summed E-state index contributed by atoms with van der Waals surface area (Å²) in [7, 11) is 0. The van der Waals surface area contributed by atoms with Crippen LogP contribution in [0.1, 0.15) is 38.9 Å². The minimum Gasteiger partial charge on any atom is -0.310 e. The number of rotatable bonds is 6. The first-order valence-electron chi connectivity index (χ1n) is 15.0. The van der Waals surface area contributed by atoms with E-state index in [2.05, 4.69) is 162 Å². The normalized spacial score (nSPS) is 11.1. The van der Waals surface area contributed by atoms with E-state index < -0.39 is 0 Å². The second-order valence-electron chi connectivity index (χ2n) is 12.0. The summed E-state index contributed by atoms with van der Waals surface area (Å²) in [4.78, 5) is 2.36. The third-order valence-corrected chi connectivity index (χ3v) is 8.52. The van der Waals surface area contributed by atoms with Crippen molar-refractivity contribution in [3.05, 3.63) is 155 Å².